The van der Waals surface area contributed by atoms with Crippen molar-refractivity contribution in [1.82, 2.24) is 0 Å². The minimum Gasteiger partial charge on any atom is -0.493 e. The van der Waals surface area contributed by atoms with Crippen LogP contribution < -0.4 is 24.2 Å². The normalized spacial score (nSPS) is 10.9. The summed E-state index contributed by atoms with van der Waals surface area (Å²) in [5.41, 5.74) is 0.802. The Balaban J connectivity index is 1.79. The molecule has 0 spiro atoms. The Labute approximate surface area is 201 Å². The molecule has 0 aliphatic rings. The molecule has 0 aromatic heterocycles. The Hall–Kier alpha value is -3.14. The molecular weight excluding hydrogens is 491 g/mol. The van der Waals surface area contributed by atoms with E-state index in [0.29, 0.717) is 22.9 Å². The van der Waals surface area contributed by atoms with Crippen LogP contribution in [0.25, 0.3) is 0 Å². The van der Waals surface area contributed by atoms with Gasteiger partial charge >= 0.3 is 0 Å². The average molecular weight is 511 g/mol. The first-order valence-corrected chi connectivity index (χ1v) is 11.6. The highest BCUT2D eigenvalue weighted by atomic mass is 35.5. The summed E-state index contributed by atoms with van der Waals surface area (Å²) in [6, 6.07) is 13.3. The van der Waals surface area contributed by atoms with E-state index in [1.807, 2.05) is 0 Å². The summed E-state index contributed by atoms with van der Waals surface area (Å²) in [4.78, 5) is 12.7. The van der Waals surface area contributed by atoms with Crippen LogP contribution in [0.15, 0.2) is 59.5 Å². The Morgan fingerprint density at radius 2 is 1.48 bits per heavy atom. The number of ether oxygens (including phenoxy) is 3. The number of nitrogens with one attached hydrogen (secondary N) is 2. The van der Waals surface area contributed by atoms with Gasteiger partial charge in [0.05, 0.1) is 42.0 Å². The fourth-order valence-electron chi connectivity index (χ4n) is 2.92. The van der Waals surface area contributed by atoms with Crippen molar-refractivity contribution in [3.05, 3.63) is 70.2 Å². The molecule has 0 saturated carbocycles. The summed E-state index contributed by atoms with van der Waals surface area (Å²) in [5, 5.41) is 3.02. The highest BCUT2D eigenvalue weighted by Crippen LogP contribution is 2.38. The quantitative estimate of drug-likeness (QED) is 0.438. The van der Waals surface area contributed by atoms with Crippen LogP contribution in [0.2, 0.25) is 10.0 Å². The zero-order chi connectivity index (χ0) is 24.2. The zero-order valence-electron chi connectivity index (χ0n) is 17.8. The lowest BCUT2D eigenvalue weighted by Crippen LogP contribution is -2.14. The summed E-state index contributed by atoms with van der Waals surface area (Å²) >= 11 is 12.0. The summed E-state index contributed by atoms with van der Waals surface area (Å²) in [6.45, 7) is 0. The van der Waals surface area contributed by atoms with Crippen molar-refractivity contribution in [3.63, 3.8) is 0 Å². The van der Waals surface area contributed by atoms with Crippen molar-refractivity contribution in [2.24, 2.45) is 0 Å². The Morgan fingerprint density at radius 1 is 0.879 bits per heavy atom. The van der Waals surface area contributed by atoms with Gasteiger partial charge in [0.15, 0.2) is 11.5 Å². The Bertz CT molecular complexity index is 1260. The number of methoxy groups -OCH3 is 3. The number of hydrogen-bond donors (Lipinski definition) is 2. The van der Waals surface area contributed by atoms with Gasteiger partial charge in [-0.1, -0.05) is 29.3 Å². The van der Waals surface area contributed by atoms with Gasteiger partial charge in [-0.3, -0.25) is 9.52 Å². The number of hydrogen-bond acceptors (Lipinski definition) is 6. The summed E-state index contributed by atoms with van der Waals surface area (Å²) in [5.74, 6) is 0.565. The first-order valence-electron chi connectivity index (χ1n) is 9.38. The first kappa shape index (κ1) is 24.5. The third-order valence-corrected chi connectivity index (χ3v) is 6.75. The molecule has 0 unspecified atom stereocenters. The molecule has 3 aromatic carbocycles. The highest BCUT2D eigenvalue weighted by Gasteiger charge is 2.19. The highest BCUT2D eigenvalue weighted by molar-refractivity contribution is 7.92. The van der Waals surface area contributed by atoms with Gasteiger partial charge < -0.3 is 19.5 Å². The molecule has 8 nitrogen and oxygen atoms in total. The van der Waals surface area contributed by atoms with Crippen LogP contribution in [0.1, 0.15) is 10.4 Å². The molecule has 33 heavy (non-hydrogen) atoms. The Kier molecular flexibility index (Phi) is 7.57. The molecule has 0 bridgehead atoms. The monoisotopic (exact) mass is 510 g/mol. The van der Waals surface area contributed by atoms with Crippen molar-refractivity contribution in [2.45, 2.75) is 4.90 Å². The van der Waals surface area contributed by atoms with Crippen molar-refractivity contribution in [2.75, 3.05) is 31.4 Å². The first-order chi connectivity index (χ1) is 15.7. The number of amides is 1. The van der Waals surface area contributed by atoms with Crippen molar-refractivity contribution in [3.8, 4) is 17.2 Å². The summed E-state index contributed by atoms with van der Waals surface area (Å²) < 4.78 is 43.5. The fourth-order valence-corrected chi connectivity index (χ4v) is 4.39. The van der Waals surface area contributed by atoms with Crippen LogP contribution in [-0.2, 0) is 10.0 Å². The van der Waals surface area contributed by atoms with Crippen molar-refractivity contribution >= 4 is 50.5 Å². The van der Waals surface area contributed by atoms with Gasteiger partial charge in [-0.25, -0.2) is 8.42 Å². The van der Waals surface area contributed by atoms with E-state index in [4.69, 9.17) is 37.4 Å². The fraction of sp³-hybridized carbons (Fsp3) is 0.136. The third kappa shape index (κ3) is 5.44. The number of rotatable bonds is 8. The standard InChI is InChI=1S/C22H20Cl2N2O6S/c1-30-18-11-13(12-19(31-2)21(18)32-3)22(27)25-14-7-9-15(10-8-14)33(28,29)26-17-6-4-5-16(23)20(17)24/h4-12,26H,1-3H3,(H,25,27). The van der Waals surface area contributed by atoms with Crippen LogP contribution >= 0.6 is 23.2 Å². The van der Waals surface area contributed by atoms with E-state index in [1.54, 1.807) is 12.1 Å². The molecule has 0 saturated heterocycles. The van der Waals surface area contributed by atoms with Crippen LogP contribution in [0.4, 0.5) is 11.4 Å². The van der Waals surface area contributed by atoms with Gasteiger partial charge in [-0.2, -0.15) is 0 Å². The number of anilines is 2. The van der Waals surface area contributed by atoms with Gasteiger partial charge in [0.2, 0.25) is 5.75 Å². The molecule has 0 atom stereocenters. The van der Waals surface area contributed by atoms with E-state index in [1.165, 1.54) is 63.8 Å². The van der Waals surface area contributed by atoms with Crippen LogP contribution in [0.5, 0.6) is 17.2 Å². The molecule has 3 aromatic rings. The van der Waals surface area contributed by atoms with E-state index >= 15 is 0 Å². The molecule has 0 aliphatic carbocycles. The molecule has 0 aliphatic heterocycles. The minimum atomic E-state index is -3.93. The SMILES string of the molecule is COc1cc(C(=O)Nc2ccc(S(=O)(=O)Nc3cccc(Cl)c3Cl)cc2)cc(OC)c1OC. The largest absolute Gasteiger partial charge is 0.493 e. The number of carbonyl (C=O) groups is 1. The molecular formula is C22H20Cl2N2O6S. The molecule has 2 N–H and O–H groups in total. The summed E-state index contributed by atoms with van der Waals surface area (Å²) in [7, 11) is 0.429. The second kappa shape index (κ2) is 10.2. The van der Waals surface area contributed by atoms with Crippen molar-refractivity contribution in [1.29, 1.82) is 0 Å². The van der Waals surface area contributed by atoms with Gasteiger partial charge in [0.25, 0.3) is 15.9 Å². The lowest BCUT2D eigenvalue weighted by molar-refractivity contribution is 0.102. The molecule has 0 radical (unpaired) electrons. The molecule has 1 amide bonds. The molecule has 3 rings (SSSR count). The zero-order valence-corrected chi connectivity index (χ0v) is 20.1. The number of carbonyl (C=O) groups excluding carboxylic acids is 1. The lowest BCUT2D eigenvalue weighted by atomic mass is 10.1. The third-order valence-electron chi connectivity index (χ3n) is 4.55. The van der Waals surface area contributed by atoms with Crippen LogP contribution in [0.3, 0.4) is 0 Å². The molecule has 174 valence electrons. The smallest absolute Gasteiger partial charge is 0.261 e. The average Bonchev–Trinajstić information content (AvgIpc) is 2.81. The van der Waals surface area contributed by atoms with Gasteiger partial charge in [-0.05, 0) is 48.5 Å². The maximum absolute atomic E-state index is 12.7. The number of benzene rings is 3. The predicted molar refractivity (Wildman–Crippen MR) is 128 cm³/mol. The van der Waals surface area contributed by atoms with E-state index < -0.39 is 15.9 Å². The van der Waals surface area contributed by atoms with Crippen LogP contribution in [0, 0.1) is 0 Å². The number of halogens is 2. The van der Waals surface area contributed by atoms with E-state index in [0.717, 1.165) is 0 Å². The van der Waals surface area contributed by atoms with Crippen molar-refractivity contribution < 1.29 is 27.4 Å². The lowest BCUT2D eigenvalue weighted by Gasteiger charge is -2.14. The molecule has 11 heteroatoms. The Morgan fingerprint density at radius 3 is 2.03 bits per heavy atom. The minimum absolute atomic E-state index is 0.0238. The number of sulfonamides is 1. The molecule has 0 fully saturated rings. The predicted octanol–water partition coefficient (Wildman–Crippen LogP) is 5.07. The maximum atomic E-state index is 12.7. The maximum Gasteiger partial charge on any atom is 0.261 e. The second-order valence-corrected chi connectivity index (χ2v) is 9.07. The second-order valence-electron chi connectivity index (χ2n) is 6.60. The van der Waals surface area contributed by atoms with Crippen LogP contribution in [-0.4, -0.2) is 35.7 Å². The topological polar surface area (TPSA) is 103 Å². The van der Waals surface area contributed by atoms with Gasteiger partial charge in [0, 0.05) is 11.3 Å². The van der Waals surface area contributed by atoms with Gasteiger partial charge in [-0.15, -0.1) is 0 Å². The summed E-state index contributed by atoms with van der Waals surface area (Å²) in [6.07, 6.45) is 0. The molecule has 0 heterocycles. The van der Waals surface area contributed by atoms with E-state index in [-0.39, 0.29) is 26.2 Å². The van der Waals surface area contributed by atoms with E-state index in [2.05, 4.69) is 10.0 Å². The van der Waals surface area contributed by atoms with Gasteiger partial charge in [0.1, 0.15) is 0 Å². The van der Waals surface area contributed by atoms with E-state index in [9.17, 15) is 13.2 Å².